The number of carbonyl (C=O) groups excluding carboxylic acids is 2. The van der Waals surface area contributed by atoms with Crippen molar-refractivity contribution in [2.24, 2.45) is 35.5 Å². The lowest BCUT2D eigenvalue weighted by molar-refractivity contribution is 0.0477. The molecule has 0 unspecified atom stereocenters. The highest BCUT2D eigenvalue weighted by Crippen LogP contribution is 2.70. The van der Waals surface area contributed by atoms with Gasteiger partial charge in [0.2, 0.25) is 0 Å². The fourth-order valence-electron chi connectivity index (χ4n) is 10.9. The fourth-order valence-corrected chi connectivity index (χ4v) is 10.9. The molecule has 0 amide bonds. The minimum Gasteiger partial charge on any atom is -0.365 e. The second-order valence-electron chi connectivity index (χ2n) is 14.0. The SMILES string of the molecule is O=C1C2=C(C(=O)c3ccccc31)[C@@H]1CCCCCC[C@@H]3C1=C1[C@@H]2CCCCCC[C@@H]1[C@@H]1[C@H]3[C@@H]2O[C@H]1c1ccccc12. The lowest BCUT2D eigenvalue weighted by atomic mass is 9.49. The Labute approximate surface area is 243 Å². The van der Waals surface area contributed by atoms with Crippen LogP contribution in [0.1, 0.15) is 121 Å². The molecule has 41 heavy (non-hydrogen) atoms. The number of ether oxygens (including phenoxy) is 1. The highest BCUT2D eigenvalue weighted by Gasteiger charge is 2.62. The van der Waals surface area contributed by atoms with Crippen molar-refractivity contribution in [3.05, 3.63) is 93.1 Å². The number of fused-ring (bicyclic) bond motifs is 13. The van der Waals surface area contributed by atoms with Crippen LogP contribution in [-0.4, -0.2) is 11.6 Å². The highest BCUT2D eigenvalue weighted by atomic mass is 16.5. The maximum Gasteiger partial charge on any atom is 0.190 e. The van der Waals surface area contributed by atoms with Gasteiger partial charge in [-0.1, -0.05) is 111 Å². The molecule has 1 saturated heterocycles. The Morgan fingerprint density at radius 3 is 1.39 bits per heavy atom. The van der Waals surface area contributed by atoms with Crippen molar-refractivity contribution in [3.63, 3.8) is 0 Å². The molecule has 3 fully saturated rings. The Morgan fingerprint density at radius 2 is 0.927 bits per heavy atom. The second kappa shape index (κ2) is 9.36. The van der Waals surface area contributed by atoms with Gasteiger partial charge in [0.15, 0.2) is 11.6 Å². The van der Waals surface area contributed by atoms with E-state index in [1.54, 1.807) is 11.1 Å². The third-order valence-electron chi connectivity index (χ3n) is 12.3. The molecule has 2 aromatic carbocycles. The Bertz CT molecular complexity index is 1420. The van der Waals surface area contributed by atoms with Crippen molar-refractivity contribution >= 4 is 11.6 Å². The zero-order chi connectivity index (χ0) is 27.2. The molecule has 3 nitrogen and oxygen atoms in total. The number of hydrogen-bond donors (Lipinski definition) is 0. The van der Waals surface area contributed by atoms with Crippen molar-refractivity contribution in [2.45, 2.75) is 89.3 Å². The summed E-state index contributed by atoms with van der Waals surface area (Å²) in [6.45, 7) is 0. The number of benzene rings is 2. The molecule has 2 aliphatic heterocycles. The summed E-state index contributed by atoms with van der Waals surface area (Å²) in [5, 5.41) is 0. The average molecular weight is 545 g/mol. The Hall–Kier alpha value is -2.78. The first-order valence-electron chi connectivity index (χ1n) is 16.6. The molecule has 2 aromatic rings. The Morgan fingerprint density at radius 1 is 0.512 bits per heavy atom. The zero-order valence-electron chi connectivity index (χ0n) is 23.9. The van der Waals surface area contributed by atoms with Gasteiger partial charge >= 0.3 is 0 Å². The molecular weight excluding hydrogens is 504 g/mol. The van der Waals surface area contributed by atoms with Gasteiger partial charge in [-0.05, 0) is 48.6 Å². The van der Waals surface area contributed by atoms with Crippen molar-refractivity contribution in [2.75, 3.05) is 0 Å². The molecule has 210 valence electrons. The molecule has 0 N–H and O–H groups in total. The maximum absolute atomic E-state index is 14.5. The van der Waals surface area contributed by atoms with Crippen LogP contribution in [-0.2, 0) is 4.74 Å². The maximum atomic E-state index is 14.5. The monoisotopic (exact) mass is 544 g/mol. The minimum atomic E-state index is 0.0997. The van der Waals surface area contributed by atoms with Gasteiger partial charge < -0.3 is 4.74 Å². The van der Waals surface area contributed by atoms with E-state index in [1.807, 2.05) is 24.3 Å². The molecule has 9 rings (SSSR count). The molecule has 0 spiro atoms. The molecule has 8 atom stereocenters. The molecule has 2 heterocycles. The lowest BCUT2D eigenvalue weighted by Gasteiger charge is -2.53. The predicted molar refractivity (Wildman–Crippen MR) is 159 cm³/mol. The first-order valence-corrected chi connectivity index (χ1v) is 16.6. The lowest BCUT2D eigenvalue weighted by Crippen LogP contribution is -2.47. The molecule has 2 bridgehead atoms. The molecular formula is C38H40O3. The largest absolute Gasteiger partial charge is 0.365 e. The number of carbonyl (C=O) groups is 2. The van der Waals surface area contributed by atoms with Gasteiger partial charge in [0, 0.05) is 45.9 Å². The summed E-state index contributed by atoms with van der Waals surface area (Å²) in [5.74, 6) is 2.39. The van der Waals surface area contributed by atoms with Crippen LogP contribution in [0.2, 0.25) is 0 Å². The van der Waals surface area contributed by atoms with Crippen LogP contribution < -0.4 is 0 Å². The minimum absolute atomic E-state index is 0.0997. The Kier molecular flexibility index (Phi) is 5.66. The summed E-state index contributed by atoms with van der Waals surface area (Å²) in [5.41, 5.74) is 9.19. The first-order chi connectivity index (χ1) is 20.2. The number of hydrogen-bond acceptors (Lipinski definition) is 3. The first kappa shape index (κ1) is 24.8. The summed E-state index contributed by atoms with van der Waals surface area (Å²) >= 11 is 0. The van der Waals surface area contributed by atoms with Crippen LogP contribution >= 0.6 is 0 Å². The summed E-state index contributed by atoms with van der Waals surface area (Å²) in [4.78, 5) is 29.0. The molecule has 3 heteroatoms. The predicted octanol–water partition coefficient (Wildman–Crippen LogP) is 8.92. The zero-order valence-corrected chi connectivity index (χ0v) is 23.9. The van der Waals surface area contributed by atoms with Gasteiger partial charge in [0.25, 0.3) is 0 Å². The van der Waals surface area contributed by atoms with Crippen LogP contribution in [0.25, 0.3) is 0 Å². The number of Topliss-reactive ketones (excluding diaryl/α,β-unsaturated/α-hetero) is 2. The molecule has 0 aromatic heterocycles. The van der Waals surface area contributed by atoms with E-state index >= 15 is 0 Å². The van der Waals surface area contributed by atoms with E-state index in [1.165, 1.54) is 62.5 Å². The van der Waals surface area contributed by atoms with E-state index < -0.39 is 0 Å². The Balaban J connectivity index is 1.29. The fraction of sp³-hybridized carbons (Fsp3) is 0.526. The van der Waals surface area contributed by atoms with E-state index in [0.717, 1.165) is 36.8 Å². The van der Waals surface area contributed by atoms with Gasteiger partial charge in [-0.2, -0.15) is 0 Å². The van der Waals surface area contributed by atoms with E-state index in [9.17, 15) is 9.59 Å². The van der Waals surface area contributed by atoms with E-state index in [4.69, 9.17) is 4.74 Å². The van der Waals surface area contributed by atoms with Gasteiger partial charge in [-0.15, -0.1) is 0 Å². The van der Waals surface area contributed by atoms with Crippen molar-refractivity contribution in [3.8, 4) is 0 Å². The second-order valence-corrected chi connectivity index (χ2v) is 14.0. The van der Waals surface area contributed by atoms with Crippen LogP contribution in [0, 0.1) is 35.5 Å². The standard InChI is InChI=1S/C38H40O3/c39-35-21-13-9-10-14-22(21)36(40)32-26-18-6-2-4-8-20-28-30(26)29-25(31(32)35)17-5-1-3-7-19-27(29)33-34(28)38-24-16-12-11-15-23(24)37(33)41-38/h9-16,25-28,33-34,37-38H,1-8,17-20H2/t25-,26+,27-,28+,33+,34-,37-,38+. The third-order valence-corrected chi connectivity index (χ3v) is 12.3. The van der Waals surface area contributed by atoms with E-state index in [-0.39, 0.29) is 35.6 Å². The molecule has 7 aliphatic rings. The van der Waals surface area contributed by atoms with Crippen LogP contribution in [0.4, 0.5) is 0 Å². The van der Waals surface area contributed by atoms with Crippen molar-refractivity contribution < 1.29 is 14.3 Å². The summed E-state index contributed by atoms with van der Waals surface area (Å²) < 4.78 is 7.02. The summed E-state index contributed by atoms with van der Waals surface area (Å²) in [6, 6.07) is 16.7. The topological polar surface area (TPSA) is 43.4 Å². The average Bonchev–Trinajstić information content (AvgIpc) is 3.61. The van der Waals surface area contributed by atoms with Gasteiger partial charge in [0.1, 0.15) is 0 Å². The highest BCUT2D eigenvalue weighted by molar-refractivity contribution is 6.27. The van der Waals surface area contributed by atoms with Crippen molar-refractivity contribution in [1.82, 2.24) is 0 Å². The smallest absolute Gasteiger partial charge is 0.190 e. The number of allylic oxidation sites excluding steroid dienone is 4. The molecule has 0 radical (unpaired) electrons. The number of rotatable bonds is 0. The van der Waals surface area contributed by atoms with E-state index in [0.29, 0.717) is 34.8 Å². The van der Waals surface area contributed by atoms with Gasteiger partial charge in [-0.3, -0.25) is 9.59 Å². The third kappa shape index (κ3) is 3.36. The van der Waals surface area contributed by atoms with Gasteiger partial charge in [-0.25, -0.2) is 0 Å². The van der Waals surface area contributed by atoms with Crippen LogP contribution in [0.3, 0.4) is 0 Å². The number of ketones is 2. The summed E-state index contributed by atoms with van der Waals surface area (Å²) in [7, 11) is 0. The van der Waals surface area contributed by atoms with Gasteiger partial charge in [0.05, 0.1) is 12.2 Å². The quantitative estimate of drug-likeness (QED) is 0.311. The van der Waals surface area contributed by atoms with Crippen molar-refractivity contribution in [1.29, 1.82) is 0 Å². The molecule has 5 aliphatic carbocycles. The summed E-state index contributed by atoms with van der Waals surface area (Å²) in [6.07, 6.45) is 14.5. The normalized spacial score (nSPS) is 37.4. The van der Waals surface area contributed by atoms with Crippen LogP contribution in [0.5, 0.6) is 0 Å². The van der Waals surface area contributed by atoms with Crippen LogP contribution in [0.15, 0.2) is 70.8 Å². The van der Waals surface area contributed by atoms with E-state index in [2.05, 4.69) is 24.3 Å². The molecule has 2 saturated carbocycles.